The van der Waals surface area contributed by atoms with Crippen LogP contribution in [0.2, 0.25) is 0 Å². The maximum Gasteiger partial charge on any atom is 0.325 e. The summed E-state index contributed by atoms with van der Waals surface area (Å²) in [6.07, 6.45) is 1.82. The Labute approximate surface area is 163 Å². The number of ketones is 1. The number of urea groups is 1. The molecular formula is C22H22N2O4. The van der Waals surface area contributed by atoms with Crippen molar-refractivity contribution in [1.29, 1.82) is 0 Å². The van der Waals surface area contributed by atoms with Crippen molar-refractivity contribution in [2.45, 2.75) is 38.3 Å². The van der Waals surface area contributed by atoms with E-state index in [-0.39, 0.29) is 18.2 Å². The lowest BCUT2D eigenvalue weighted by atomic mass is 9.78. The zero-order chi connectivity index (χ0) is 19.9. The van der Waals surface area contributed by atoms with Crippen LogP contribution in [0.15, 0.2) is 42.5 Å². The summed E-state index contributed by atoms with van der Waals surface area (Å²) < 4.78 is 5.36. The summed E-state index contributed by atoms with van der Waals surface area (Å²) in [5, 5.41) is 2.93. The second-order valence-corrected chi connectivity index (χ2v) is 7.43. The normalized spacial score (nSPS) is 20.9. The summed E-state index contributed by atoms with van der Waals surface area (Å²) in [6, 6.07) is 12.7. The smallest absolute Gasteiger partial charge is 0.325 e. The first-order valence-electron chi connectivity index (χ1n) is 9.32. The minimum Gasteiger partial charge on any atom is -0.496 e. The molecule has 1 spiro atoms. The number of Topliss-reactive ketones (excluding diaryl/α,β-unsaturated/α-hetero) is 1. The number of nitrogens with one attached hydrogen (secondary N) is 1. The van der Waals surface area contributed by atoms with Crippen molar-refractivity contribution < 1.29 is 19.1 Å². The van der Waals surface area contributed by atoms with Gasteiger partial charge in [0.1, 0.15) is 11.3 Å². The van der Waals surface area contributed by atoms with Gasteiger partial charge in [-0.05, 0) is 49.1 Å². The molecule has 2 aliphatic rings. The van der Waals surface area contributed by atoms with Crippen molar-refractivity contribution in [2.75, 3.05) is 7.11 Å². The van der Waals surface area contributed by atoms with Crippen molar-refractivity contribution >= 4 is 17.7 Å². The van der Waals surface area contributed by atoms with Crippen molar-refractivity contribution in [3.8, 4) is 5.75 Å². The molecule has 1 aliphatic carbocycles. The van der Waals surface area contributed by atoms with Crippen LogP contribution >= 0.6 is 0 Å². The number of fused-ring (bicyclic) bond motifs is 1. The van der Waals surface area contributed by atoms with E-state index in [1.165, 1.54) is 24.5 Å². The molecule has 0 radical (unpaired) electrons. The Kier molecular flexibility index (Phi) is 4.41. The molecule has 144 valence electrons. The van der Waals surface area contributed by atoms with E-state index in [4.69, 9.17) is 4.74 Å². The second kappa shape index (κ2) is 6.78. The molecule has 2 aromatic rings. The number of nitrogens with zero attached hydrogens (tertiary/aromatic N) is 1. The van der Waals surface area contributed by atoms with E-state index in [2.05, 4.69) is 11.4 Å². The molecule has 6 heteroatoms. The number of methoxy groups -OCH3 is 1. The first-order chi connectivity index (χ1) is 13.4. The molecule has 0 saturated carbocycles. The minimum absolute atomic E-state index is 0.0678. The fourth-order valence-corrected chi connectivity index (χ4v) is 4.14. The monoisotopic (exact) mass is 378 g/mol. The highest BCUT2D eigenvalue weighted by molar-refractivity contribution is 6.07. The van der Waals surface area contributed by atoms with Crippen LogP contribution in [0.5, 0.6) is 5.75 Å². The lowest BCUT2D eigenvalue weighted by Crippen LogP contribution is -2.51. The number of imide groups is 1. The number of hydrogen-bond donors (Lipinski definition) is 1. The molecule has 1 atom stereocenters. The predicted octanol–water partition coefficient (Wildman–Crippen LogP) is 2.88. The molecule has 1 N–H and O–H groups in total. The van der Waals surface area contributed by atoms with Crippen LogP contribution in [-0.4, -0.2) is 35.3 Å². The van der Waals surface area contributed by atoms with Crippen LogP contribution in [0.4, 0.5) is 4.79 Å². The van der Waals surface area contributed by atoms with Gasteiger partial charge in [-0.3, -0.25) is 14.5 Å². The molecule has 6 nitrogen and oxygen atoms in total. The number of rotatable bonds is 4. The van der Waals surface area contributed by atoms with E-state index in [0.29, 0.717) is 29.7 Å². The van der Waals surface area contributed by atoms with E-state index < -0.39 is 11.6 Å². The molecule has 1 fully saturated rings. The Balaban J connectivity index is 1.63. The molecule has 0 bridgehead atoms. The number of benzene rings is 2. The Morgan fingerprint density at radius 2 is 1.93 bits per heavy atom. The first-order valence-corrected chi connectivity index (χ1v) is 9.32. The number of hydrogen-bond acceptors (Lipinski definition) is 4. The lowest BCUT2D eigenvalue weighted by Gasteiger charge is -2.32. The minimum atomic E-state index is -0.892. The van der Waals surface area contributed by atoms with Gasteiger partial charge in [-0.15, -0.1) is 0 Å². The van der Waals surface area contributed by atoms with Gasteiger partial charge in [0.05, 0.1) is 13.7 Å². The maximum absolute atomic E-state index is 13.3. The number of ether oxygens (including phenoxy) is 1. The third-order valence-electron chi connectivity index (χ3n) is 5.69. The van der Waals surface area contributed by atoms with Gasteiger partial charge < -0.3 is 10.1 Å². The summed E-state index contributed by atoms with van der Waals surface area (Å²) >= 11 is 0. The molecule has 3 amide bonds. The van der Waals surface area contributed by atoms with Crippen LogP contribution in [0, 0.1) is 0 Å². The van der Waals surface area contributed by atoms with Gasteiger partial charge in [-0.1, -0.05) is 24.3 Å². The Hall–Kier alpha value is -3.15. The van der Waals surface area contributed by atoms with E-state index in [9.17, 15) is 14.4 Å². The van der Waals surface area contributed by atoms with Crippen molar-refractivity contribution in [2.24, 2.45) is 0 Å². The fraction of sp³-hybridized carbons (Fsp3) is 0.318. The molecule has 1 saturated heterocycles. The number of amides is 3. The van der Waals surface area contributed by atoms with Crippen molar-refractivity contribution in [1.82, 2.24) is 10.2 Å². The molecule has 0 aromatic heterocycles. The van der Waals surface area contributed by atoms with Gasteiger partial charge in [-0.25, -0.2) is 4.79 Å². The third kappa shape index (κ3) is 2.95. The summed E-state index contributed by atoms with van der Waals surface area (Å²) in [7, 11) is 1.53. The average molecular weight is 378 g/mol. The third-order valence-corrected chi connectivity index (χ3v) is 5.69. The van der Waals surface area contributed by atoms with Gasteiger partial charge in [0.2, 0.25) is 0 Å². The Morgan fingerprint density at radius 1 is 1.18 bits per heavy atom. The van der Waals surface area contributed by atoms with Crippen LogP contribution in [0.3, 0.4) is 0 Å². The van der Waals surface area contributed by atoms with Gasteiger partial charge in [0, 0.05) is 17.5 Å². The SMILES string of the molecule is COc1ccc(C(C)=O)cc1CN1C(=O)NC2(CCc3ccccc3C2)C1=O. The zero-order valence-corrected chi connectivity index (χ0v) is 16.0. The van der Waals surface area contributed by atoms with E-state index in [0.717, 1.165) is 12.0 Å². The summed E-state index contributed by atoms with van der Waals surface area (Å²) in [4.78, 5) is 38.9. The Morgan fingerprint density at radius 3 is 2.64 bits per heavy atom. The van der Waals surface area contributed by atoms with E-state index in [1.807, 2.05) is 18.2 Å². The molecule has 1 unspecified atom stereocenters. The average Bonchev–Trinajstić information content (AvgIpc) is 2.91. The lowest BCUT2D eigenvalue weighted by molar-refractivity contribution is -0.132. The summed E-state index contributed by atoms with van der Waals surface area (Å²) in [5.41, 5.74) is 2.58. The summed E-state index contributed by atoms with van der Waals surface area (Å²) in [5.74, 6) is 0.240. The van der Waals surface area contributed by atoms with Crippen LogP contribution in [0.25, 0.3) is 0 Å². The summed E-state index contributed by atoms with van der Waals surface area (Å²) in [6.45, 7) is 1.55. The van der Waals surface area contributed by atoms with Crippen LogP contribution in [0.1, 0.15) is 40.4 Å². The van der Waals surface area contributed by atoms with Gasteiger partial charge >= 0.3 is 6.03 Å². The van der Waals surface area contributed by atoms with Crippen molar-refractivity contribution in [3.63, 3.8) is 0 Å². The topological polar surface area (TPSA) is 75.7 Å². The zero-order valence-electron chi connectivity index (χ0n) is 16.0. The fourth-order valence-electron chi connectivity index (χ4n) is 4.14. The highest BCUT2D eigenvalue weighted by Crippen LogP contribution is 2.35. The quantitative estimate of drug-likeness (QED) is 0.656. The number of aryl methyl sites for hydroxylation is 1. The van der Waals surface area contributed by atoms with Gasteiger partial charge in [0.25, 0.3) is 5.91 Å². The molecule has 1 aliphatic heterocycles. The molecule has 2 aromatic carbocycles. The molecule has 1 heterocycles. The molecule has 4 rings (SSSR count). The standard InChI is InChI=1S/C22H22N2O4/c1-14(25)16-7-8-19(28-2)18(11-16)13-24-20(26)22(23-21(24)27)10-9-15-5-3-4-6-17(15)12-22/h3-8,11H,9-10,12-13H2,1-2H3,(H,23,27). The first kappa shape index (κ1) is 18.2. The highest BCUT2D eigenvalue weighted by atomic mass is 16.5. The van der Waals surface area contributed by atoms with Gasteiger partial charge in [-0.2, -0.15) is 0 Å². The van der Waals surface area contributed by atoms with Crippen molar-refractivity contribution in [3.05, 3.63) is 64.7 Å². The van der Waals surface area contributed by atoms with Crippen LogP contribution in [-0.2, 0) is 24.2 Å². The highest BCUT2D eigenvalue weighted by Gasteiger charge is 2.52. The second-order valence-electron chi connectivity index (χ2n) is 7.43. The maximum atomic E-state index is 13.3. The number of carbonyl (C=O) groups excluding carboxylic acids is 3. The number of carbonyl (C=O) groups is 3. The van der Waals surface area contributed by atoms with Gasteiger partial charge in [0.15, 0.2) is 5.78 Å². The Bertz CT molecular complexity index is 984. The van der Waals surface area contributed by atoms with E-state index >= 15 is 0 Å². The predicted molar refractivity (Wildman–Crippen MR) is 103 cm³/mol. The largest absolute Gasteiger partial charge is 0.496 e. The van der Waals surface area contributed by atoms with Crippen LogP contribution < -0.4 is 10.1 Å². The molecule has 28 heavy (non-hydrogen) atoms. The van der Waals surface area contributed by atoms with E-state index in [1.54, 1.807) is 18.2 Å². The molecular weight excluding hydrogens is 356 g/mol.